The van der Waals surface area contributed by atoms with Crippen molar-refractivity contribution in [2.24, 2.45) is 0 Å². The molecule has 326 valence electrons. The van der Waals surface area contributed by atoms with Crippen LogP contribution in [-0.2, 0) is 41.8 Å². The average molecular weight is 853 g/mol. The third-order valence-corrected chi connectivity index (χ3v) is 11.3. The Balaban J connectivity index is 2.66. The summed E-state index contributed by atoms with van der Waals surface area (Å²) in [5.41, 5.74) is 0. The maximum Gasteiger partial charge on any atom is 0.472 e. The van der Waals surface area contributed by atoms with Crippen LogP contribution in [0, 0.1) is 0 Å². The molecule has 0 saturated heterocycles. The van der Waals surface area contributed by atoms with Gasteiger partial charge < -0.3 is 44.6 Å². The molecule has 0 amide bonds. The molecule has 0 radical (unpaired) electrons. The van der Waals surface area contributed by atoms with Gasteiger partial charge in [0.15, 0.2) is 6.10 Å². The van der Waals surface area contributed by atoms with Gasteiger partial charge in [0, 0.05) is 12.8 Å². The molecule has 19 heteroatoms. The Hall–Kier alpha value is -0.650. The minimum Gasteiger partial charge on any atom is -0.462 e. The quantitative estimate of drug-likeness (QED) is 0.0165. The lowest BCUT2D eigenvalue weighted by molar-refractivity contribution is -0.216. The summed E-state index contributed by atoms with van der Waals surface area (Å²) in [7, 11) is -10.6. The molecule has 1 rings (SSSR count). The molecule has 4 unspecified atom stereocenters. The Morgan fingerprint density at radius 2 is 0.982 bits per heavy atom. The summed E-state index contributed by atoms with van der Waals surface area (Å²) in [6.07, 6.45) is 7.97. The molecular formula is C36H70O16P2S. The lowest BCUT2D eigenvalue weighted by Crippen LogP contribution is -2.64. The minimum atomic E-state index is -5.35. The number of aliphatic hydroxyl groups is 4. The zero-order chi connectivity index (χ0) is 41.1. The minimum absolute atomic E-state index is 0.0474. The van der Waals surface area contributed by atoms with E-state index in [2.05, 4.69) is 24.1 Å². The third kappa shape index (κ3) is 25.4. The molecule has 55 heavy (non-hydrogen) atoms. The predicted octanol–water partition coefficient (Wildman–Crippen LogP) is 5.80. The first-order valence-electron chi connectivity index (χ1n) is 20.2. The molecule has 0 aromatic heterocycles. The van der Waals surface area contributed by atoms with E-state index in [1.807, 2.05) is 0 Å². The van der Waals surface area contributed by atoms with Crippen molar-refractivity contribution in [1.29, 1.82) is 0 Å². The van der Waals surface area contributed by atoms with Crippen LogP contribution in [0.25, 0.3) is 0 Å². The summed E-state index contributed by atoms with van der Waals surface area (Å²) in [5, 5.41) is 41.0. The monoisotopic (exact) mass is 852 g/mol. The van der Waals surface area contributed by atoms with Crippen LogP contribution in [0.5, 0.6) is 0 Å². The van der Waals surface area contributed by atoms with Gasteiger partial charge in [-0.1, -0.05) is 122 Å². The lowest BCUT2D eigenvalue weighted by atomic mass is 9.85. The zero-order valence-electron chi connectivity index (χ0n) is 32.6. The van der Waals surface area contributed by atoms with E-state index >= 15 is 0 Å². The molecule has 0 heterocycles. The summed E-state index contributed by atoms with van der Waals surface area (Å²) >= 11 is 4.21. The van der Waals surface area contributed by atoms with E-state index in [4.69, 9.17) is 28.3 Å². The smallest absolute Gasteiger partial charge is 0.462 e. The zero-order valence-corrected chi connectivity index (χ0v) is 35.3. The Morgan fingerprint density at radius 3 is 1.44 bits per heavy atom. The van der Waals surface area contributed by atoms with Crippen molar-refractivity contribution in [3.63, 3.8) is 0 Å². The standard InChI is InChI=1S/C36H70O16P2S/c1-2-3-4-5-6-7-8-9-10-11-15-18-21-24-30(38)50-28(26-48-29(37)23-20-17-14-12-13-16-19-22-25-55)27-49-54(46,47)52-36-33(41)31(39)32(40)35(34(36)42)51-53(43,44)45/h28,31-36,39-42,55H,2-27H2,1H3,(H,46,47)(H2,43,44,45)/t28-,31+,32?,33+,34?,35-,36?/m1/s1. The molecule has 1 fully saturated rings. The summed E-state index contributed by atoms with van der Waals surface area (Å²) < 4.78 is 49.1. The molecule has 1 aliphatic rings. The number of hydrogen-bond acceptors (Lipinski definition) is 14. The van der Waals surface area contributed by atoms with Gasteiger partial charge in [-0.05, 0) is 25.0 Å². The molecule has 0 aromatic carbocycles. The fraction of sp³-hybridized carbons (Fsp3) is 0.944. The Labute approximate surface area is 332 Å². The molecule has 0 aliphatic heterocycles. The number of rotatable bonds is 34. The number of esters is 2. The van der Waals surface area contributed by atoms with Gasteiger partial charge in [0.1, 0.15) is 43.2 Å². The first-order valence-corrected chi connectivity index (χ1v) is 23.9. The van der Waals surface area contributed by atoms with Crippen molar-refractivity contribution >= 4 is 40.2 Å². The van der Waals surface area contributed by atoms with Crippen LogP contribution in [0.2, 0.25) is 0 Å². The molecule has 7 N–H and O–H groups in total. The van der Waals surface area contributed by atoms with E-state index in [1.165, 1.54) is 51.4 Å². The van der Waals surface area contributed by atoms with Crippen LogP contribution in [0.15, 0.2) is 0 Å². The molecule has 16 nitrogen and oxygen atoms in total. The van der Waals surface area contributed by atoms with Gasteiger partial charge in [0.2, 0.25) is 0 Å². The second-order valence-corrected chi connectivity index (χ2v) is 17.5. The highest BCUT2D eigenvalue weighted by molar-refractivity contribution is 7.80. The van der Waals surface area contributed by atoms with Gasteiger partial charge in [-0.3, -0.25) is 23.2 Å². The largest absolute Gasteiger partial charge is 0.472 e. The Kier molecular flexibility index (Phi) is 28.9. The Morgan fingerprint density at radius 1 is 0.564 bits per heavy atom. The molecule has 0 bridgehead atoms. The molecule has 1 saturated carbocycles. The van der Waals surface area contributed by atoms with Gasteiger partial charge in [0.25, 0.3) is 0 Å². The number of phosphoric acid groups is 2. The first kappa shape index (κ1) is 52.4. The van der Waals surface area contributed by atoms with Crippen molar-refractivity contribution in [2.45, 2.75) is 197 Å². The second kappa shape index (κ2) is 30.4. The lowest BCUT2D eigenvalue weighted by Gasteiger charge is -2.43. The number of phosphoric ester groups is 2. The highest BCUT2D eigenvalue weighted by Crippen LogP contribution is 2.49. The van der Waals surface area contributed by atoms with Gasteiger partial charge >= 0.3 is 27.6 Å². The van der Waals surface area contributed by atoms with E-state index in [-0.39, 0.29) is 12.8 Å². The van der Waals surface area contributed by atoms with Crippen LogP contribution < -0.4 is 0 Å². The van der Waals surface area contributed by atoms with E-state index in [9.17, 15) is 44.0 Å². The summed E-state index contributed by atoms with van der Waals surface area (Å²) in [6.45, 7) is 0.873. The first-order chi connectivity index (χ1) is 26.1. The van der Waals surface area contributed by atoms with Crippen molar-refractivity contribution in [2.75, 3.05) is 19.0 Å². The van der Waals surface area contributed by atoms with Gasteiger partial charge in [-0.25, -0.2) is 9.13 Å². The van der Waals surface area contributed by atoms with E-state index in [1.54, 1.807) is 0 Å². The predicted molar refractivity (Wildman–Crippen MR) is 208 cm³/mol. The van der Waals surface area contributed by atoms with E-state index in [0.717, 1.165) is 76.4 Å². The average Bonchev–Trinajstić information content (AvgIpc) is 3.13. The summed E-state index contributed by atoms with van der Waals surface area (Å²) in [4.78, 5) is 53.9. The Bertz CT molecular complexity index is 1110. The van der Waals surface area contributed by atoms with Crippen molar-refractivity contribution in [1.82, 2.24) is 0 Å². The number of ether oxygens (including phenoxy) is 2. The van der Waals surface area contributed by atoms with E-state index in [0.29, 0.717) is 12.8 Å². The molecule has 1 aliphatic carbocycles. The normalized spacial score (nSPS) is 23.3. The van der Waals surface area contributed by atoms with Crippen LogP contribution in [0.1, 0.15) is 155 Å². The summed E-state index contributed by atoms with van der Waals surface area (Å²) in [5.74, 6) is -0.331. The fourth-order valence-electron chi connectivity index (χ4n) is 6.30. The van der Waals surface area contributed by atoms with Gasteiger partial charge in [-0.2, -0.15) is 12.6 Å². The molecule has 0 aromatic rings. The van der Waals surface area contributed by atoms with Crippen LogP contribution in [0.3, 0.4) is 0 Å². The molecule has 0 spiro atoms. The SMILES string of the molecule is CCCCCCCCCCCCCCCC(=O)O[C@H](COC(=O)CCCCCCCCCCS)COP(=O)(O)OC1C(O)[C@H](OP(=O)(O)O)C(O)[C@H](O)[C@@H]1O. The van der Waals surface area contributed by atoms with Gasteiger partial charge in [-0.15, -0.1) is 0 Å². The summed E-state index contributed by atoms with van der Waals surface area (Å²) in [6, 6.07) is 0. The van der Waals surface area contributed by atoms with Crippen LogP contribution >= 0.6 is 28.3 Å². The number of carbonyl (C=O) groups is 2. The van der Waals surface area contributed by atoms with Crippen LogP contribution in [-0.4, -0.2) is 109 Å². The fourth-order valence-corrected chi connectivity index (χ4v) is 8.06. The second-order valence-electron chi connectivity index (χ2n) is 14.4. The van der Waals surface area contributed by atoms with Crippen molar-refractivity contribution < 1.29 is 76.9 Å². The van der Waals surface area contributed by atoms with E-state index < -0.39 is 83.5 Å². The number of carbonyl (C=O) groups excluding carboxylic acids is 2. The van der Waals surface area contributed by atoms with Crippen molar-refractivity contribution in [3.05, 3.63) is 0 Å². The molecular weight excluding hydrogens is 782 g/mol. The number of thiol groups is 1. The maximum absolute atomic E-state index is 12.9. The number of unbranched alkanes of at least 4 members (excludes halogenated alkanes) is 19. The maximum atomic E-state index is 12.9. The van der Waals surface area contributed by atoms with Crippen LogP contribution in [0.4, 0.5) is 0 Å². The highest BCUT2D eigenvalue weighted by atomic mass is 32.1. The molecule has 8 atom stereocenters. The number of hydrogen-bond donors (Lipinski definition) is 8. The third-order valence-electron chi connectivity index (χ3n) is 9.49. The van der Waals surface area contributed by atoms with Crippen molar-refractivity contribution in [3.8, 4) is 0 Å². The van der Waals surface area contributed by atoms with Gasteiger partial charge in [0.05, 0.1) is 6.61 Å². The number of aliphatic hydroxyl groups excluding tert-OH is 4. The topological polar surface area (TPSA) is 256 Å². The highest BCUT2D eigenvalue weighted by Gasteiger charge is 2.54.